The van der Waals surface area contributed by atoms with E-state index in [9.17, 15) is 0 Å². The van der Waals surface area contributed by atoms with Crippen molar-refractivity contribution >= 4 is 10.9 Å². The Morgan fingerprint density at radius 3 is 1.83 bits per heavy atom. The molecule has 18 heteroatoms. The third-order valence-electron chi connectivity index (χ3n) is 5.25. The van der Waals surface area contributed by atoms with Gasteiger partial charge in [0.15, 0.2) is 0 Å². The molecule has 1 aromatic carbocycles. The second kappa shape index (κ2) is 20.3. The van der Waals surface area contributed by atoms with Crippen LogP contribution in [0.15, 0.2) is 54.6 Å². The maximum atomic E-state index is 8.49. The van der Waals surface area contributed by atoms with E-state index >= 15 is 0 Å². The molecule has 0 amide bonds. The van der Waals surface area contributed by atoms with Crippen molar-refractivity contribution in [3.63, 3.8) is 0 Å². The van der Waals surface area contributed by atoms with E-state index in [-0.39, 0.29) is 22.5 Å². The molecule has 2 bridgehead atoms. The summed E-state index contributed by atoms with van der Waals surface area (Å²) < 4.78 is 67.9. The van der Waals surface area contributed by atoms with Crippen LogP contribution in [0.1, 0.15) is 17.1 Å². The van der Waals surface area contributed by atoms with Gasteiger partial charge in [0.25, 0.3) is 0 Å². The first kappa shape index (κ1) is 39.4. The van der Waals surface area contributed by atoms with Crippen LogP contribution in [-0.2, 0) is 36.7 Å². The van der Waals surface area contributed by atoms with Gasteiger partial charge in [-0.3, -0.25) is 14.9 Å². The molecule has 2 aromatic heterocycles. The number of rotatable bonds is 5. The Bertz CT molecular complexity index is 1080. The van der Waals surface area contributed by atoms with E-state index in [2.05, 4.69) is 74.4 Å². The molecule has 15 nitrogen and oxygen atoms in total. The largest absolute Gasteiger partial charge is 2.00 e. The summed E-state index contributed by atoms with van der Waals surface area (Å²) in [5, 5.41) is 11.8. The fourth-order valence-corrected chi connectivity index (χ4v) is 3.63. The number of benzene rings is 1. The Labute approximate surface area is 252 Å². The Kier molecular flexibility index (Phi) is 19.5. The Hall–Kier alpha value is -1.64. The van der Waals surface area contributed by atoms with Gasteiger partial charge >= 0.3 is 17.1 Å². The van der Waals surface area contributed by atoms with Crippen molar-refractivity contribution in [2.24, 2.45) is 0 Å². The van der Waals surface area contributed by atoms with Gasteiger partial charge in [0.1, 0.15) is 0 Å². The third-order valence-corrected chi connectivity index (χ3v) is 5.25. The van der Waals surface area contributed by atoms with Gasteiger partial charge < -0.3 is 21.4 Å². The smallest absolute Gasteiger partial charge is 0.412 e. The number of hydrogen-bond donors (Lipinski definition) is 3. The van der Waals surface area contributed by atoms with E-state index in [0.717, 1.165) is 81.5 Å². The van der Waals surface area contributed by atoms with Crippen LogP contribution in [0, 0.1) is 20.5 Å². The molecular formula is C23H32Cl2CuN6O9. The molecule has 0 spiro atoms. The normalized spacial score (nSPS) is 14.4. The maximum Gasteiger partial charge on any atom is 2.00 e. The number of halogens is 2. The number of para-hydroxylation sites is 1. The number of fused-ring (bicyclic) bond motifs is 3. The predicted molar refractivity (Wildman–Crippen MR) is 121 cm³/mol. The van der Waals surface area contributed by atoms with Gasteiger partial charge in [-0.2, -0.15) is 0 Å². The Morgan fingerprint density at radius 2 is 1.27 bits per heavy atom. The zero-order valence-corrected chi connectivity index (χ0v) is 24.2. The van der Waals surface area contributed by atoms with Crippen LogP contribution in [0.5, 0.6) is 0 Å². The molecular weight excluding hydrogens is 639 g/mol. The Balaban J connectivity index is 0.00000116. The van der Waals surface area contributed by atoms with Gasteiger partial charge in [-0.1, -0.05) is 30.3 Å². The number of pyridine rings is 2. The molecule has 0 atom stereocenters. The summed E-state index contributed by atoms with van der Waals surface area (Å²) in [5.74, 6) is 0. The monoisotopic (exact) mass is 669 g/mol. The molecule has 3 heterocycles. The predicted octanol–water partition coefficient (Wildman–Crippen LogP) is -8.42. The van der Waals surface area contributed by atoms with E-state index in [0.29, 0.717) is 0 Å². The summed E-state index contributed by atoms with van der Waals surface area (Å²) in [4.78, 5) is 11.9. The van der Waals surface area contributed by atoms with Crippen LogP contribution in [-0.4, -0.2) is 59.6 Å². The third kappa shape index (κ3) is 20.8. The van der Waals surface area contributed by atoms with E-state index in [1.807, 2.05) is 6.07 Å². The molecule has 1 aliphatic heterocycles. The number of aromatic nitrogens is 2. The average Bonchev–Trinajstić information content (AvgIpc) is 2.84. The van der Waals surface area contributed by atoms with Gasteiger partial charge in [0, 0.05) is 64.3 Å². The number of nitrogens with zero attached hydrogens (tertiary/aromatic N) is 3. The van der Waals surface area contributed by atoms with Crippen LogP contribution in [0.25, 0.3) is 10.9 Å². The number of hydrogen-bond acceptors (Lipinski definition) is 14. The van der Waals surface area contributed by atoms with Crippen LogP contribution >= 0.6 is 0 Å². The summed E-state index contributed by atoms with van der Waals surface area (Å²) in [5.41, 5.74) is 4.38. The van der Waals surface area contributed by atoms with E-state index in [1.54, 1.807) is 0 Å². The van der Waals surface area contributed by atoms with Gasteiger partial charge in [0.05, 0.1) is 22.6 Å². The van der Waals surface area contributed by atoms with Crippen LogP contribution in [0.2, 0.25) is 0 Å². The van der Waals surface area contributed by atoms with Gasteiger partial charge in [0.2, 0.25) is 0 Å². The second-order valence-electron chi connectivity index (χ2n) is 8.24. The zero-order valence-electron chi connectivity index (χ0n) is 21.7. The van der Waals surface area contributed by atoms with Gasteiger partial charge in [-0.15, -0.1) is 20.5 Å². The van der Waals surface area contributed by atoms with E-state index < -0.39 is 20.5 Å². The van der Waals surface area contributed by atoms with Crippen LogP contribution in [0.4, 0.5) is 0 Å². The topological polar surface area (TPSA) is 281 Å². The molecule has 1 aliphatic rings. The van der Waals surface area contributed by atoms with Crippen molar-refractivity contribution in [1.82, 2.24) is 30.8 Å². The first-order valence-electron chi connectivity index (χ1n) is 11.7. The average molecular weight is 671 g/mol. The zero-order chi connectivity index (χ0) is 28.7. The fraction of sp³-hybridized carbons (Fsp3) is 0.391. The van der Waals surface area contributed by atoms with Crippen LogP contribution in [0.3, 0.4) is 0 Å². The van der Waals surface area contributed by atoms with Crippen LogP contribution < -0.4 is 53.2 Å². The minimum absolute atomic E-state index is 0. The number of nitrogens with one attached hydrogen (secondary N) is 3. The van der Waals surface area contributed by atoms with E-state index in [4.69, 9.17) is 42.3 Å². The fourth-order valence-electron chi connectivity index (χ4n) is 3.63. The van der Waals surface area contributed by atoms with Crippen molar-refractivity contribution in [1.29, 1.82) is 0 Å². The standard InChI is InChI=1S/C23H30N6.2ClHO4.Cu.H2O/c1-2-7-23-19(4-1)8-9-22(28-23)18-26-12-15-29-13-10-24-16-20-5-3-6-21(27-20)17-25-11-14-29;2*2-1(3,4)5;;/h1-9,24-26H,10-18H2;2*(H,2,3,4,5);;1H2/q;;;+2;/p-2. The summed E-state index contributed by atoms with van der Waals surface area (Å²) in [7, 11) is -9.89. The molecule has 0 aliphatic carbocycles. The molecule has 0 fully saturated rings. The minimum Gasteiger partial charge on any atom is -0.412 e. The van der Waals surface area contributed by atoms with Crippen molar-refractivity contribution in [2.45, 2.75) is 19.6 Å². The van der Waals surface area contributed by atoms with Crippen molar-refractivity contribution in [3.8, 4) is 0 Å². The minimum atomic E-state index is -4.94. The molecule has 233 valence electrons. The molecule has 0 saturated heterocycles. The molecule has 3 aromatic rings. The summed E-state index contributed by atoms with van der Waals surface area (Å²) in [6.45, 7) is 8.46. The molecule has 0 unspecified atom stereocenters. The molecule has 4 rings (SSSR count). The molecule has 5 N–H and O–H groups in total. The molecule has 0 saturated carbocycles. The van der Waals surface area contributed by atoms with Gasteiger partial charge in [-0.25, -0.2) is 37.3 Å². The summed E-state index contributed by atoms with van der Waals surface area (Å²) in [6, 6.07) is 18.8. The Morgan fingerprint density at radius 1 is 0.732 bits per heavy atom. The molecule has 1 radical (unpaired) electrons. The van der Waals surface area contributed by atoms with E-state index in [1.165, 1.54) is 5.39 Å². The quantitative estimate of drug-likeness (QED) is 0.168. The van der Waals surface area contributed by atoms with Crippen molar-refractivity contribution in [2.75, 3.05) is 39.3 Å². The maximum absolute atomic E-state index is 8.49. The summed E-state index contributed by atoms with van der Waals surface area (Å²) >= 11 is 0. The first-order valence-corrected chi connectivity index (χ1v) is 14.2. The first-order chi connectivity index (χ1) is 18.4. The molecule has 41 heavy (non-hydrogen) atoms. The van der Waals surface area contributed by atoms with Crippen molar-refractivity contribution < 1.29 is 80.3 Å². The van der Waals surface area contributed by atoms with Gasteiger partial charge in [-0.05, 0) is 24.3 Å². The summed E-state index contributed by atoms with van der Waals surface area (Å²) in [6.07, 6.45) is 0. The second-order valence-corrected chi connectivity index (χ2v) is 9.76. The van der Waals surface area contributed by atoms with Crippen molar-refractivity contribution in [3.05, 3.63) is 71.7 Å². The SMILES string of the molecule is O.[Cu+2].[O-][Cl+3]([O-])([O-])[O-].[O-][Cl+3]([O-])([O-])[O-].c1cc2nc(c1)CNCCN(CCNCc1ccc3ccccc3n1)CCNC2.